The van der Waals surface area contributed by atoms with Crippen LogP contribution in [0.15, 0.2) is 53.1 Å². The van der Waals surface area contributed by atoms with Crippen molar-refractivity contribution in [2.24, 2.45) is 0 Å². The highest BCUT2D eigenvalue weighted by atomic mass is 19.1. The molecule has 1 aromatic heterocycles. The third-order valence-corrected chi connectivity index (χ3v) is 5.67. The van der Waals surface area contributed by atoms with Gasteiger partial charge in [-0.2, -0.15) is 4.98 Å². The first-order valence-electron chi connectivity index (χ1n) is 10.5. The maximum atomic E-state index is 12.9. The van der Waals surface area contributed by atoms with Crippen molar-refractivity contribution in [3.8, 4) is 17.1 Å². The lowest BCUT2D eigenvalue weighted by atomic mass is 10.1. The molecule has 8 heteroatoms. The summed E-state index contributed by atoms with van der Waals surface area (Å²) in [5, 5.41) is 4.09. The van der Waals surface area contributed by atoms with E-state index in [0.29, 0.717) is 30.6 Å². The molecule has 2 aliphatic rings. The van der Waals surface area contributed by atoms with E-state index in [1.54, 1.807) is 4.90 Å². The molecule has 7 nitrogen and oxygen atoms in total. The first-order chi connectivity index (χ1) is 15.2. The van der Waals surface area contributed by atoms with Gasteiger partial charge in [-0.15, -0.1) is 0 Å². The molecule has 0 N–H and O–H groups in total. The Bertz CT molecular complexity index is 1040. The Morgan fingerprint density at radius 1 is 1.03 bits per heavy atom. The molecule has 5 rings (SSSR count). The molecule has 1 aliphatic heterocycles. The number of amides is 1. The number of nitrogens with zero attached hydrogens (tertiary/aromatic N) is 4. The van der Waals surface area contributed by atoms with Crippen LogP contribution in [0.3, 0.4) is 0 Å². The maximum absolute atomic E-state index is 12.9. The van der Waals surface area contributed by atoms with Crippen LogP contribution in [-0.4, -0.2) is 53.7 Å². The van der Waals surface area contributed by atoms with E-state index in [-0.39, 0.29) is 18.3 Å². The fourth-order valence-corrected chi connectivity index (χ4v) is 3.65. The van der Waals surface area contributed by atoms with E-state index in [1.165, 1.54) is 24.3 Å². The molecule has 2 fully saturated rings. The fourth-order valence-electron chi connectivity index (χ4n) is 3.65. The van der Waals surface area contributed by atoms with Crippen LogP contribution >= 0.6 is 0 Å². The zero-order valence-electron chi connectivity index (χ0n) is 17.0. The van der Waals surface area contributed by atoms with Crippen LogP contribution in [0.2, 0.25) is 0 Å². The molecular formula is C23H23FN4O3. The molecular weight excluding hydrogens is 399 g/mol. The minimum atomic E-state index is -0.330. The van der Waals surface area contributed by atoms with Gasteiger partial charge in [-0.3, -0.25) is 4.79 Å². The summed E-state index contributed by atoms with van der Waals surface area (Å²) in [6, 6.07) is 13.8. The van der Waals surface area contributed by atoms with E-state index >= 15 is 0 Å². The van der Waals surface area contributed by atoms with Crippen molar-refractivity contribution in [2.75, 3.05) is 37.7 Å². The van der Waals surface area contributed by atoms with E-state index in [9.17, 15) is 9.18 Å². The number of halogens is 1. The number of hydrogen-bond donors (Lipinski definition) is 0. The second-order valence-electron chi connectivity index (χ2n) is 7.89. The SMILES string of the molecule is O=C(COc1ccc(F)cc1)N1CCN(c2ccc(-c3noc(C4CC4)n3)cc2)CC1. The average molecular weight is 422 g/mol. The molecule has 0 atom stereocenters. The molecule has 0 radical (unpaired) electrons. The molecule has 1 saturated carbocycles. The van der Waals surface area contributed by atoms with Gasteiger partial charge in [0, 0.05) is 43.3 Å². The molecule has 2 aromatic carbocycles. The van der Waals surface area contributed by atoms with Crippen molar-refractivity contribution < 1.29 is 18.4 Å². The number of aromatic nitrogens is 2. The number of anilines is 1. The molecule has 31 heavy (non-hydrogen) atoms. The van der Waals surface area contributed by atoms with Gasteiger partial charge in [0.2, 0.25) is 11.7 Å². The van der Waals surface area contributed by atoms with Crippen molar-refractivity contribution in [1.82, 2.24) is 15.0 Å². The van der Waals surface area contributed by atoms with Crippen LogP contribution in [0.1, 0.15) is 24.7 Å². The summed E-state index contributed by atoms with van der Waals surface area (Å²) in [6.45, 7) is 2.70. The summed E-state index contributed by atoms with van der Waals surface area (Å²) in [6.07, 6.45) is 2.26. The third-order valence-electron chi connectivity index (χ3n) is 5.67. The number of carbonyl (C=O) groups is 1. The van der Waals surface area contributed by atoms with Crippen LogP contribution in [0.25, 0.3) is 11.4 Å². The largest absolute Gasteiger partial charge is 0.484 e. The third kappa shape index (κ3) is 4.52. The van der Waals surface area contributed by atoms with E-state index in [4.69, 9.17) is 9.26 Å². The molecule has 1 saturated heterocycles. The van der Waals surface area contributed by atoms with Gasteiger partial charge in [0.25, 0.3) is 5.91 Å². The topological polar surface area (TPSA) is 71.7 Å². The fraction of sp³-hybridized carbons (Fsp3) is 0.348. The molecule has 160 valence electrons. The number of piperazine rings is 1. The van der Waals surface area contributed by atoms with Crippen LogP contribution in [-0.2, 0) is 4.79 Å². The Kier molecular flexibility index (Phi) is 5.28. The molecule has 3 aromatic rings. The van der Waals surface area contributed by atoms with Gasteiger partial charge in [0.15, 0.2) is 6.61 Å². The first-order valence-corrected chi connectivity index (χ1v) is 10.5. The Morgan fingerprint density at radius 2 is 1.74 bits per heavy atom. The van der Waals surface area contributed by atoms with E-state index < -0.39 is 0 Å². The van der Waals surface area contributed by atoms with Crippen molar-refractivity contribution in [2.45, 2.75) is 18.8 Å². The number of ether oxygens (including phenoxy) is 1. The van der Waals surface area contributed by atoms with Gasteiger partial charge in [-0.05, 0) is 61.4 Å². The smallest absolute Gasteiger partial charge is 0.260 e. The standard InChI is InChI=1S/C23H23FN4O3/c24-18-5-9-20(10-6-18)30-15-21(29)28-13-11-27(12-14-28)19-7-3-16(4-8-19)22-25-23(31-26-22)17-1-2-17/h3-10,17H,1-2,11-15H2. The monoisotopic (exact) mass is 422 g/mol. The lowest BCUT2D eigenvalue weighted by Gasteiger charge is -2.36. The Labute approximate surface area is 179 Å². The van der Waals surface area contributed by atoms with Gasteiger partial charge in [-0.25, -0.2) is 4.39 Å². The van der Waals surface area contributed by atoms with Gasteiger partial charge < -0.3 is 19.1 Å². The first kappa shape index (κ1) is 19.5. The summed E-state index contributed by atoms with van der Waals surface area (Å²) in [5.74, 6) is 1.90. The summed E-state index contributed by atoms with van der Waals surface area (Å²) in [5.41, 5.74) is 2.04. The zero-order chi connectivity index (χ0) is 21.2. The lowest BCUT2D eigenvalue weighted by molar-refractivity contribution is -0.133. The second kappa shape index (κ2) is 8.37. The van der Waals surface area contributed by atoms with Crippen molar-refractivity contribution in [1.29, 1.82) is 0 Å². The minimum absolute atomic E-state index is 0.0477. The van der Waals surface area contributed by atoms with Gasteiger partial charge in [0.05, 0.1) is 0 Å². The summed E-state index contributed by atoms with van der Waals surface area (Å²) in [4.78, 5) is 21.0. The van der Waals surface area contributed by atoms with Crippen LogP contribution in [0.4, 0.5) is 10.1 Å². The highest BCUT2D eigenvalue weighted by molar-refractivity contribution is 5.78. The quantitative estimate of drug-likeness (QED) is 0.606. The predicted octanol–water partition coefficient (Wildman–Crippen LogP) is 3.48. The second-order valence-corrected chi connectivity index (χ2v) is 7.89. The highest BCUT2D eigenvalue weighted by Gasteiger charge is 2.29. The molecule has 0 spiro atoms. The van der Waals surface area contributed by atoms with Gasteiger partial charge in [0.1, 0.15) is 11.6 Å². The normalized spacial score (nSPS) is 16.4. The minimum Gasteiger partial charge on any atom is -0.484 e. The van der Waals surface area contributed by atoms with Crippen LogP contribution in [0, 0.1) is 5.82 Å². The maximum Gasteiger partial charge on any atom is 0.260 e. The predicted molar refractivity (Wildman–Crippen MR) is 112 cm³/mol. The summed E-state index contributed by atoms with van der Waals surface area (Å²) in [7, 11) is 0. The highest BCUT2D eigenvalue weighted by Crippen LogP contribution is 2.39. The number of benzene rings is 2. The van der Waals surface area contributed by atoms with Gasteiger partial charge in [-0.1, -0.05) is 5.16 Å². The van der Waals surface area contributed by atoms with E-state index in [0.717, 1.165) is 43.1 Å². The van der Waals surface area contributed by atoms with Gasteiger partial charge >= 0.3 is 0 Å². The van der Waals surface area contributed by atoms with Crippen LogP contribution in [0.5, 0.6) is 5.75 Å². The Hall–Kier alpha value is -3.42. The zero-order valence-corrected chi connectivity index (χ0v) is 17.0. The summed E-state index contributed by atoms with van der Waals surface area (Å²) < 4.78 is 23.8. The Balaban J connectivity index is 1.12. The number of rotatable bonds is 6. The van der Waals surface area contributed by atoms with Crippen molar-refractivity contribution in [3.05, 3.63) is 60.2 Å². The molecule has 1 aliphatic carbocycles. The molecule has 0 unspecified atom stereocenters. The number of hydrogen-bond acceptors (Lipinski definition) is 6. The van der Waals surface area contributed by atoms with Crippen molar-refractivity contribution in [3.63, 3.8) is 0 Å². The average Bonchev–Trinajstić information content (AvgIpc) is 3.55. The van der Waals surface area contributed by atoms with Crippen LogP contribution < -0.4 is 9.64 Å². The molecule has 1 amide bonds. The number of carbonyl (C=O) groups excluding carboxylic acids is 1. The van der Waals surface area contributed by atoms with Crippen molar-refractivity contribution >= 4 is 11.6 Å². The lowest BCUT2D eigenvalue weighted by Crippen LogP contribution is -2.50. The molecule has 0 bridgehead atoms. The molecule has 2 heterocycles. The Morgan fingerprint density at radius 3 is 2.42 bits per heavy atom. The summed E-state index contributed by atoms with van der Waals surface area (Å²) >= 11 is 0. The van der Waals surface area contributed by atoms with E-state index in [2.05, 4.69) is 27.2 Å². The van der Waals surface area contributed by atoms with E-state index in [1.807, 2.05) is 12.1 Å².